The van der Waals surface area contributed by atoms with Gasteiger partial charge < -0.3 is 4.90 Å². The summed E-state index contributed by atoms with van der Waals surface area (Å²) in [6, 6.07) is 14.9. The minimum absolute atomic E-state index is 0. The topological polar surface area (TPSA) is 32.3 Å². The van der Waals surface area contributed by atoms with Gasteiger partial charge in [0.1, 0.15) is 11.4 Å². The molecule has 0 aromatic heterocycles. The third kappa shape index (κ3) is 2.91. The smallest absolute Gasteiger partial charge is 0.242 e. The van der Waals surface area contributed by atoms with Crippen molar-refractivity contribution in [2.75, 3.05) is 13.6 Å². The number of hydrogen-bond donors (Lipinski definition) is 1. The maximum absolute atomic E-state index is 14.1. The lowest BCUT2D eigenvalue weighted by Crippen LogP contribution is -2.52. The van der Waals surface area contributed by atoms with Crippen molar-refractivity contribution in [3.8, 4) is 11.1 Å². The van der Waals surface area contributed by atoms with E-state index >= 15 is 0 Å². The molecule has 1 spiro atoms. The molecule has 2 aromatic rings. The highest BCUT2D eigenvalue weighted by atomic mass is 35.5. The molecule has 2 aliphatic heterocycles. The molecule has 2 aromatic carbocycles. The number of likely N-dealkylation sites (N-methyl/N-ethyl adjacent to an activating group) is 1. The van der Waals surface area contributed by atoms with Crippen LogP contribution in [0.15, 0.2) is 48.5 Å². The number of hydrogen-bond acceptors (Lipinski definition) is 2. The molecule has 2 fully saturated rings. The van der Waals surface area contributed by atoms with Gasteiger partial charge in [-0.25, -0.2) is 4.39 Å². The van der Waals surface area contributed by atoms with Crippen LogP contribution in [0.25, 0.3) is 11.1 Å². The first-order valence-corrected chi connectivity index (χ1v) is 8.84. The molecule has 1 amide bonds. The van der Waals surface area contributed by atoms with Gasteiger partial charge in [0, 0.05) is 24.7 Å². The number of carbonyl (C=O) groups excluding carboxylic acids is 1. The molecule has 0 bridgehead atoms. The second-order valence-corrected chi connectivity index (χ2v) is 7.58. The summed E-state index contributed by atoms with van der Waals surface area (Å²) in [5.41, 5.74) is 1.87. The van der Waals surface area contributed by atoms with Crippen molar-refractivity contribution < 1.29 is 9.18 Å². The molecule has 2 atom stereocenters. The molecule has 0 aliphatic carbocycles. The number of amides is 1. The van der Waals surface area contributed by atoms with E-state index in [-0.39, 0.29) is 29.7 Å². The van der Waals surface area contributed by atoms with E-state index in [2.05, 4.69) is 18.3 Å². The number of likely N-dealkylation sites (tertiary alicyclic amines) is 1. The van der Waals surface area contributed by atoms with Crippen LogP contribution in [0.1, 0.15) is 31.7 Å². The lowest BCUT2D eigenvalue weighted by Gasteiger charge is -2.31. The zero-order valence-electron chi connectivity index (χ0n) is 15.1. The standard InChI is InChI=1S/C21H23FN2O.ClH/c1-20(10-11-21(23-20)12-13-24(2)19(21)25)16-7-5-6-15(14-16)17-8-3-4-9-18(17)22;/h3-9,14,23H,10-13H2,1-2H3;1H/t20-,21+;/m0./s1. The van der Waals surface area contributed by atoms with Crippen LogP contribution in [-0.2, 0) is 10.3 Å². The van der Waals surface area contributed by atoms with Crippen molar-refractivity contribution in [3.05, 3.63) is 59.9 Å². The Hall–Kier alpha value is -1.91. The first kappa shape index (κ1) is 18.9. The van der Waals surface area contributed by atoms with Crippen LogP contribution in [-0.4, -0.2) is 29.9 Å². The number of nitrogens with zero attached hydrogens (tertiary/aromatic N) is 1. The average Bonchev–Trinajstić information content (AvgIpc) is 3.11. The monoisotopic (exact) mass is 374 g/mol. The second kappa shape index (κ2) is 6.67. The molecule has 26 heavy (non-hydrogen) atoms. The minimum atomic E-state index is -0.433. The van der Waals surface area contributed by atoms with Gasteiger partial charge in [-0.3, -0.25) is 10.1 Å². The van der Waals surface area contributed by atoms with Crippen molar-refractivity contribution in [3.63, 3.8) is 0 Å². The maximum Gasteiger partial charge on any atom is 0.242 e. The number of rotatable bonds is 2. The third-order valence-corrected chi connectivity index (χ3v) is 5.88. The molecule has 0 radical (unpaired) electrons. The molecule has 0 saturated carbocycles. The van der Waals surface area contributed by atoms with Crippen LogP contribution in [0.3, 0.4) is 0 Å². The third-order valence-electron chi connectivity index (χ3n) is 5.88. The van der Waals surface area contributed by atoms with E-state index in [1.165, 1.54) is 6.07 Å². The van der Waals surface area contributed by atoms with Crippen LogP contribution in [0.4, 0.5) is 4.39 Å². The van der Waals surface area contributed by atoms with E-state index in [9.17, 15) is 9.18 Å². The highest BCUT2D eigenvalue weighted by Crippen LogP contribution is 2.43. The summed E-state index contributed by atoms with van der Waals surface area (Å²) in [4.78, 5) is 14.4. The van der Waals surface area contributed by atoms with Crippen molar-refractivity contribution in [1.82, 2.24) is 10.2 Å². The molecule has 5 heteroatoms. The van der Waals surface area contributed by atoms with Crippen LogP contribution in [0.2, 0.25) is 0 Å². The molecule has 2 heterocycles. The second-order valence-electron chi connectivity index (χ2n) is 7.58. The zero-order valence-corrected chi connectivity index (χ0v) is 15.9. The van der Waals surface area contributed by atoms with E-state index < -0.39 is 5.54 Å². The van der Waals surface area contributed by atoms with E-state index in [1.807, 2.05) is 36.2 Å². The van der Waals surface area contributed by atoms with Crippen LogP contribution < -0.4 is 5.32 Å². The predicted octanol–water partition coefficient (Wildman–Crippen LogP) is 4.11. The summed E-state index contributed by atoms with van der Waals surface area (Å²) in [5.74, 6) is -0.0188. The van der Waals surface area contributed by atoms with Gasteiger partial charge in [-0.05, 0) is 49.4 Å². The van der Waals surface area contributed by atoms with Gasteiger partial charge in [-0.1, -0.05) is 36.4 Å². The lowest BCUT2D eigenvalue weighted by molar-refractivity contribution is -0.131. The summed E-state index contributed by atoms with van der Waals surface area (Å²) in [6.07, 6.45) is 2.59. The van der Waals surface area contributed by atoms with Crippen LogP contribution >= 0.6 is 12.4 Å². The predicted molar refractivity (Wildman–Crippen MR) is 104 cm³/mol. The van der Waals surface area contributed by atoms with Gasteiger partial charge in [-0.15, -0.1) is 12.4 Å². The van der Waals surface area contributed by atoms with Gasteiger partial charge >= 0.3 is 0 Å². The molecular formula is C21H24ClFN2O. The van der Waals surface area contributed by atoms with Gasteiger partial charge in [0.15, 0.2) is 0 Å². The van der Waals surface area contributed by atoms with Crippen molar-refractivity contribution in [2.45, 2.75) is 37.3 Å². The first-order valence-electron chi connectivity index (χ1n) is 8.84. The fourth-order valence-electron chi connectivity index (χ4n) is 4.34. The van der Waals surface area contributed by atoms with Crippen molar-refractivity contribution in [2.24, 2.45) is 0 Å². The van der Waals surface area contributed by atoms with Crippen molar-refractivity contribution >= 4 is 18.3 Å². The molecule has 2 aliphatic rings. The van der Waals surface area contributed by atoms with Gasteiger partial charge in [0.2, 0.25) is 5.91 Å². The largest absolute Gasteiger partial charge is 0.344 e. The van der Waals surface area contributed by atoms with E-state index in [4.69, 9.17) is 0 Å². The van der Waals surface area contributed by atoms with E-state index in [0.29, 0.717) is 5.56 Å². The average molecular weight is 375 g/mol. The fraction of sp³-hybridized carbons (Fsp3) is 0.381. The van der Waals surface area contributed by atoms with Gasteiger partial charge in [-0.2, -0.15) is 0 Å². The van der Waals surface area contributed by atoms with E-state index in [1.54, 1.807) is 12.1 Å². The minimum Gasteiger partial charge on any atom is -0.344 e. The molecule has 4 rings (SSSR count). The summed E-state index contributed by atoms with van der Waals surface area (Å²) >= 11 is 0. The number of benzene rings is 2. The summed E-state index contributed by atoms with van der Waals surface area (Å²) in [6.45, 7) is 2.95. The Morgan fingerprint density at radius 2 is 1.85 bits per heavy atom. The number of carbonyl (C=O) groups is 1. The lowest BCUT2D eigenvalue weighted by atomic mass is 9.88. The Bertz CT molecular complexity index is 842. The zero-order chi connectivity index (χ0) is 17.7. The first-order chi connectivity index (χ1) is 11.9. The van der Waals surface area contributed by atoms with E-state index in [0.717, 1.165) is 36.9 Å². The van der Waals surface area contributed by atoms with Gasteiger partial charge in [0.05, 0.1) is 0 Å². The SMILES string of the molecule is CN1CC[C@]2(CC[C@@](C)(c3cccc(-c4ccccc4F)c3)N2)C1=O.Cl. The molecule has 3 nitrogen and oxygen atoms in total. The van der Waals surface area contributed by atoms with Crippen LogP contribution in [0, 0.1) is 5.82 Å². The number of nitrogens with one attached hydrogen (secondary N) is 1. The molecular weight excluding hydrogens is 351 g/mol. The Balaban J connectivity index is 0.00000196. The van der Waals surface area contributed by atoms with Crippen molar-refractivity contribution in [1.29, 1.82) is 0 Å². The Morgan fingerprint density at radius 3 is 2.54 bits per heavy atom. The fourth-order valence-corrected chi connectivity index (χ4v) is 4.34. The van der Waals surface area contributed by atoms with Crippen LogP contribution in [0.5, 0.6) is 0 Å². The Labute approximate surface area is 160 Å². The molecule has 1 N–H and O–H groups in total. The van der Waals surface area contributed by atoms with Gasteiger partial charge in [0.25, 0.3) is 0 Å². The quantitative estimate of drug-likeness (QED) is 0.857. The normalized spacial score (nSPS) is 27.8. The maximum atomic E-state index is 14.1. The summed E-state index contributed by atoms with van der Waals surface area (Å²) < 4.78 is 14.1. The Morgan fingerprint density at radius 1 is 1.08 bits per heavy atom. The molecule has 2 saturated heterocycles. The molecule has 0 unspecified atom stereocenters. The Kier molecular flexibility index (Phi) is 4.84. The summed E-state index contributed by atoms with van der Waals surface area (Å²) in [5, 5.41) is 3.65. The number of halogens is 2. The highest BCUT2D eigenvalue weighted by Gasteiger charge is 2.54. The highest BCUT2D eigenvalue weighted by molar-refractivity contribution is 5.89. The molecule has 138 valence electrons. The summed E-state index contributed by atoms with van der Waals surface area (Å²) in [7, 11) is 1.87.